The molecule has 0 saturated heterocycles. The van der Waals surface area contributed by atoms with Gasteiger partial charge in [0.1, 0.15) is 5.82 Å². The zero-order valence-electron chi connectivity index (χ0n) is 5.83. The molecule has 0 aromatic rings. The van der Waals surface area contributed by atoms with Crippen molar-refractivity contribution in [3.63, 3.8) is 0 Å². The van der Waals surface area contributed by atoms with Crippen LogP contribution in [0.1, 0.15) is 13.8 Å². The van der Waals surface area contributed by atoms with E-state index in [4.69, 9.17) is 5.73 Å². The van der Waals surface area contributed by atoms with Gasteiger partial charge in [0.2, 0.25) is 0 Å². The van der Waals surface area contributed by atoms with Crippen LogP contribution in [0.5, 0.6) is 0 Å². The molecular weight excluding hydrogens is 112 g/mol. The van der Waals surface area contributed by atoms with Crippen molar-refractivity contribution in [3.05, 3.63) is 11.9 Å². The molecule has 50 valence electrons. The molecule has 2 nitrogen and oxygen atoms in total. The van der Waals surface area contributed by atoms with E-state index in [0.29, 0.717) is 17.7 Å². The van der Waals surface area contributed by atoms with E-state index in [1.807, 2.05) is 12.3 Å². The van der Waals surface area contributed by atoms with Crippen LogP contribution >= 0.6 is 0 Å². The number of rotatable bonds is 1. The molecular formula is C7H12N2. The largest absolute Gasteiger partial charge is 0.384 e. The lowest BCUT2D eigenvalue weighted by atomic mass is 9.98. The first-order valence-corrected chi connectivity index (χ1v) is 3.21. The number of hydrogen-bond donors (Lipinski definition) is 1. The van der Waals surface area contributed by atoms with Gasteiger partial charge in [0, 0.05) is 12.1 Å². The molecule has 1 aliphatic rings. The Labute approximate surface area is 55.5 Å². The maximum Gasteiger partial charge on any atom is 0.119 e. The van der Waals surface area contributed by atoms with Gasteiger partial charge in [0.15, 0.2) is 0 Å². The van der Waals surface area contributed by atoms with E-state index in [0.717, 1.165) is 0 Å². The zero-order chi connectivity index (χ0) is 6.85. The lowest BCUT2D eigenvalue weighted by Crippen LogP contribution is -2.03. The van der Waals surface area contributed by atoms with Crippen LogP contribution in [0.4, 0.5) is 0 Å². The van der Waals surface area contributed by atoms with Crippen molar-refractivity contribution in [2.45, 2.75) is 13.8 Å². The first-order chi connectivity index (χ1) is 4.20. The Morgan fingerprint density at radius 2 is 2.33 bits per heavy atom. The van der Waals surface area contributed by atoms with Gasteiger partial charge >= 0.3 is 0 Å². The Kier molecular flexibility index (Phi) is 1.56. The summed E-state index contributed by atoms with van der Waals surface area (Å²) in [6.45, 7) is 4.32. The fraction of sp³-hybridized carbons (Fsp3) is 0.571. The van der Waals surface area contributed by atoms with Crippen molar-refractivity contribution in [1.82, 2.24) is 0 Å². The van der Waals surface area contributed by atoms with Gasteiger partial charge in [-0.3, -0.25) is 0 Å². The molecule has 0 aromatic carbocycles. The highest BCUT2D eigenvalue weighted by Gasteiger charge is 2.11. The Morgan fingerprint density at radius 1 is 1.67 bits per heavy atom. The monoisotopic (exact) mass is 124 g/mol. The lowest BCUT2D eigenvalue weighted by molar-refractivity contribution is 0.589. The molecule has 2 N–H and O–H groups in total. The second-order valence-electron chi connectivity index (χ2n) is 2.69. The summed E-state index contributed by atoms with van der Waals surface area (Å²) < 4.78 is 0. The predicted molar refractivity (Wildman–Crippen MR) is 39.1 cm³/mol. The summed E-state index contributed by atoms with van der Waals surface area (Å²) in [5, 5.41) is 0. The molecule has 2 heteroatoms. The Morgan fingerprint density at radius 3 is 2.56 bits per heavy atom. The molecule has 1 atom stereocenters. The summed E-state index contributed by atoms with van der Waals surface area (Å²) in [5.74, 6) is 1.74. The number of allylic oxidation sites excluding steroid dienone is 1. The van der Waals surface area contributed by atoms with E-state index in [2.05, 4.69) is 18.8 Å². The normalized spacial score (nSPS) is 25.2. The van der Waals surface area contributed by atoms with Crippen LogP contribution in [0.3, 0.4) is 0 Å². The molecule has 0 spiro atoms. The summed E-state index contributed by atoms with van der Waals surface area (Å²) in [4.78, 5) is 3.95. The van der Waals surface area contributed by atoms with Crippen molar-refractivity contribution in [2.24, 2.45) is 22.6 Å². The smallest absolute Gasteiger partial charge is 0.119 e. The van der Waals surface area contributed by atoms with E-state index >= 15 is 0 Å². The van der Waals surface area contributed by atoms with Crippen LogP contribution in [0, 0.1) is 11.8 Å². The van der Waals surface area contributed by atoms with Crippen LogP contribution in [-0.4, -0.2) is 6.21 Å². The minimum Gasteiger partial charge on any atom is -0.384 e. The molecule has 1 aliphatic heterocycles. The van der Waals surface area contributed by atoms with Crippen molar-refractivity contribution in [1.29, 1.82) is 0 Å². The quantitative estimate of drug-likeness (QED) is 0.559. The molecule has 0 saturated carbocycles. The number of nitrogens with zero attached hydrogens (tertiary/aromatic N) is 1. The first-order valence-electron chi connectivity index (χ1n) is 3.21. The summed E-state index contributed by atoms with van der Waals surface area (Å²) in [5.41, 5.74) is 5.43. The summed E-state index contributed by atoms with van der Waals surface area (Å²) in [7, 11) is 0. The van der Waals surface area contributed by atoms with E-state index in [1.165, 1.54) is 0 Å². The maximum absolute atomic E-state index is 5.43. The van der Waals surface area contributed by atoms with Gasteiger partial charge in [-0.25, -0.2) is 4.99 Å². The minimum absolute atomic E-state index is 0.463. The Bertz CT molecular complexity index is 156. The SMILES string of the molecule is CC(C)C1C=NC(N)=C1. The van der Waals surface area contributed by atoms with Gasteiger partial charge in [-0.05, 0) is 12.0 Å². The fourth-order valence-corrected chi connectivity index (χ4v) is 0.820. The molecule has 0 fully saturated rings. The van der Waals surface area contributed by atoms with Crippen LogP contribution in [-0.2, 0) is 0 Å². The van der Waals surface area contributed by atoms with E-state index in [1.54, 1.807) is 0 Å². The Hall–Kier alpha value is -0.790. The average Bonchev–Trinajstić information content (AvgIpc) is 2.14. The molecule has 0 aromatic heterocycles. The van der Waals surface area contributed by atoms with E-state index in [9.17, 15) is 0 Å². The summed E-state index contributed by atoms with van der Waals surface area (Å²) in [6.07, 6.45) is 3.89. The van der Waals surface area contributed by atoms with Crippen LogP contribution in [0.15, 0.2) is 16.9 Å². The second kappa shape index (κ2) is 2.21. The lowest BCUT2D eigenvalue weighted by Gasteiger charge is -2.05. The van der Waals surface area contributed by atoms with Gasteiger partial charge in [0.05, 0.1) is 0 Å². The molecule has 1 unspecified atom stereocenters. The predicted octanol–water partition coefficient (Wildman–Crippen LogP) is 1.14. The second-order valence-corrected chi connectivity index (χ2v) is 2.69. The minimum atomic E-state index is 0.463. The third kappa shape index (κ3) is 1.31. The molecule has 1 heterocycles. The molecule has 1 rings (SSSR count). The number of nitrogens with two attached hydrogens (primary N) is 1. The summed E-state index contributed by atoms with van der Waals surface area (Å²) >= 11 is 0. The van der Waals surface area contributed by atoms with Crippen molar-refractivity contribution >= 4 is 6.21 Å². The first kappa shape index (κ1) is 6.33. The third-order valence-electron chi connectivity index (χ3n) is 1.53. The van der Waals surface area contributed by atoms with Gasteiger partial charge in [0.25, 0.3) is 0 Å². The maximum atomic E-state index is 5.43. The van der Waals surface area contributed by atoms with Crippen molar-refractivity contribution < 1.29 is 0 Å². The molecule has 0 bridgehead atoms. The molecule has 0 amide bonds. The fourth-order valence-electron chi connectivity index (χ4n) is 0.820. The molecule has 0 aliphatic carbocycles. The van der Waals surface area contributed by atoms with Gasteiger partial charge in [-0.2, -0.15) is 0 Å². The highest BCUT2D eigenvalue weighted by Crippen LogP contribution is 2.15. The molecule has 0 radical (unpaired) electrons. The molecule has 9 heavy (non-hydrogen) atoms. The van der Waals surface area contributed by atoms with Crippen LogP contribution in [0.2, 0.25) is 0 Å². The van der Waals surface area contributed by atoms with E-state index < -0.39 is 0 Å². The van der Waals surface area contributed by atoms with Gasteiger partial charge in [-0.15, -0.1) is 0 Å². The standard InChI is InChI=1S/C7H12N2/c1-5(2)6-3-7(8)9-4-6/h3-6H,8H2,1-2H3. The third-order valence-corrected chi connectivity index (χ3v) is 1.53. The van der Waals surface area contributed by atoms with Crippen molar-refractivity contribution in [2.75, 3.05) is 0 Å². The van der Waals surface area contributed by atoms with Gasteiger partial charge < -0.3 is 5.73 Å². The topological polar surface area (TPSA) is 38.4 Å². The highest BCUT2D eigenvalue weighted by atomic mass is 14.9. The summed E-state index contributed by atoms with van der Waals surface area (Å²) in [6, 6.07) is 0. The van der Waals surface area contributed by atoms with Crippen molar-refractivity contribution in [3.8, 4) is 0 Å². The van der Waals surface area contributed by atoms with Gasteiger partial charge in [-0.1, -0.05) is 13.8 Å². The Balaban J connectivity index is 2.59. The van der Waals surface area contributed by atoms with E-state index in [-0.39, 0.29) is 0 Å². The number of hydrogen-bond acceptors (Lipinski definition) is 2. The zero-order valence-corrected chi connectivity index (χ0v) is 5.83. The van der Waals surface area contributed by atoms with Crippen LogP contribution in [0.25, 0.3) is 0 Å². The van der Waals surface area contributed by atoms with Crippen LogP contribution < -0.4 is 5.73 Å². The average molecular weight is 124 g/mol. The number of aliphatic imine (C=N–C) groups is 1. The highest BCUT2D eigenvalue weighted by molar-refractivity contribution is 5.68.